The Morgan fingerprint density at radius 1 is 0.839 bits per heavy atom. The molecule has 0 spiro atoms. The molecule has 0 atom stereocenters. The molecule has 0 aliphatic rings. The zero-order valence-electron chi connectivity index (χ0n) is 15.6. The van der Waals surface area contributed by atoms with Gasteiger partial charge in [-0.25, -0.2) is 9.59 Å². The molecular formula is C23H11BrO7. The first kappa shape index (κ1) is 19.1. The fourth-order valence-electron chi connectivity index (χ4n) is 3.17. The molecule has 0 aliphatic carbocycles. The highest BCUT2D eigenvalue weighted by Gasteiger charge is 2.25. The molecule has 0 fully saturated rings. The molecule has 0 N–H and O–H groups in total. The topological polar surface area (TPSA) is 99.9 Å². The smallest absolute Gasteiger partial charge is 0.351 e. The minimum atomic E-state index is -1.05. The summed E-state index contributed by atoms with van der Waals surface area (Å²) < 4.78 is 22.3. The molecule has 0 amide bonds. The van der Waals surface area contributed by atoms with Gasteiger partial charge >= 0.3 is 11.6 Å². The van der Waals surface area contributed by atoms with Gasteiger partial charge in [-0.3, -0.25) is 4.79 Å². The molecule has 3 heterocycles. The Hall–Kier alpha value is -3.91. The van der Waals surface area contributed by atoms with Gasteiger partial charge in [-0.15, -0.1) is 0 Å². The summed E-state index contributed by atoms with van der Waals surface area (Å²) in [6, 6.07) is 17.8. The van der Waals surface area contributed by atoms with Crippen LogP contribution in [0.3, 0.4) is 0 Å². The number of furan rings is 1. The summed E-state index contributed by atoms with van der Waals surface area (Å²) in [6.07, 6.45) is 0. The van der Waals surface area contributed by atoms with Crippen molar-refractivity contribution in [3.8, 4) is 17.3 Å². The Morgan fingerprint density at radius 2 is 1.58 bits per heavy atom. The van der Waals surface area contributed by atoms with E-state index in [-0.39, 0.29) is 22.5 Å². The number of para-hydroxylation sites is 2. The van der Waals surface area contributed by atoms with Gasteiger partial charge in [0.25, 0.3) is 0 Å². The predicted molar refractivity (Wildman–Crippen MR) is 115 cm³/mol. The van der Waals surface area contributed by atoms with Crippen LogP contribution in [0.25, 0.3) is 33.5 Å². The second-order valence-electron chi connectivity index (χ2n) is 6.56. The summed E-state index contributed by atoms with van der Waals surface area (Å²) in [5.74, 6) is -1.34. The van der Waals surface area contributed by atoms with E-state index in [2.05, 4.69) is 15.9 Å². The summed E-state index contributed by atoms with van der Waals surface area (Å²) in [5, 5.41) is 0.750. The standard InChI is InChI=1S/C23H11BrO7/c24-18-10-9-17(28-18)20-21(19(25)13-6-2-4-8-16(13)29-20)31-23(27)14-11-12-5-1-3-7-15(12)30-22(14)26/h1-11H. The van der Waals surface area contributed by atoms with Gasteiger partial charge in [-0.1, -0.05) is 30.3 Å². The molecule has 0 unspecified atom stereocenters. The van der Waals surface area contributed by atoms with Crippen LogP contribution in [-0.2, 0) is 0 Å². The Bertz CT molecular complexity index is 1590. The van der Waals surface area contributed by atoms with Crippen LogP contribution in [0.1, 0.15) is 10.4 Å². The fourth-order valence-corrected chi connectivity index (χ4v) is 3.47. The van der Waals surface area contributed by atoms with Crippen molar-refractivity contribution in [3.05, 3.63) is 97.6 Å². The van der Waals surface area contributed by atoms with Crippen LogP contribution in [0, 0.1) is 0 Å². The van der Waals surface area contributed by atoms with Crippen molar-refractivity contribution < 1.29 is 22.8 Å². The number of ether oxygens (including phenoxy) is 1. The number of rotatable bonds is 3. The molecule has 0 bridgehead atoms. The highest BCUT2D eigenvalue weighted by molar-refractivity contribution is 9.10. The highest BCUT2D eigenvalue weighted by Crippen LogP contribution is 2.33. The van der Waals surface area contributed by atoms with Gasteiger partial charge in [-0.2, -0.15) is 0 Å². The number of hydrogen-bond donors (Lipinski definition) is 0. The normalized spacial score (nSPS) is 11.1. The number of carbonyl (C=O) groups is 1. The van der Waals surface area contributed by atoms with Crippen LogP contribution >= 0.6 is 15.9 Å². The van der Waals surface area contributed by atoms with Crippen molar-refractivity contribution in [2.45, 2.75) is 0 Å². The van der Waals surface area contributed by atoms with Crippen LogP contribution in [0.5, 0.6) is 5.75 Å². The van der Waals surface area contributed by atoms with E-state index in [4.69, 9.17) is 18.0 Å². The third kappa shape index (κ3) is 3.36. The summed E-state index contributed by atoms with van der Waals surface area (Å²) >= 11 is 3.19. The van der Waals surface area contributed by atoms with E-state index < -0.39 is 22.8 Å². The summed E-state index contributed by atoms with van der Waals surface area (Å²) in [6.45, 7) is 0. The third-order valence-corrected chi connectivity index (χ3v) is 5.04. The zero-order valence-corrected chi connectivity index (χ0v) is 17.2. The Balaban J connectivity index is 1.67. The van der Waals surface area contributed by atoms with Crippen LogP contribution in [0.15, 0.2) is 94.2 Å². The van der Waals surface area contributed by atoms with Gasteiger partial charge in [0.1, 0.15) is 16.7 Å². The van der Waals surface area contributed by atoms with Gasteiger partial charge in [-0.05, 0) is 52.3 Å². The van der Waals surface area contributed by atoms with Crippen molar-refractivity contribution in [1.82, 2.24) is 0 Å². The molecule has 0 radical (unpaired) electrons. The second kappa shape index (κ2) is 7.41. The lowest BCUT2D eigenvalue weighted by atomic mass is 10.1. The van der Waals surface area contributed by atoms with E-state index in [9.17, 15) is 14.4 Å². The average molecular weight is 479 g/mol. The molecular weight excluding hydrogens is 468 g/mol. The monoisotopic (exact) mass is 478 g/mol. The first-order valence-electron chi connectivity index (χ1n) is 9.08. The van der Waals surface area contributed by atoms with Crippen molar-refractivity contribution in [3.63, 3.8) is 0 Å². The molecule has 3 aromatic heterocycles. The van der Waals surface area contributed by atoms with E-state index >= 15 is 0 Å². The lowest BCUT2D eigenvalue weighted by Crippen LogP contribution is -2.22. The molecule has 2 aromatic carbocycles. The van der Waals surface area contributed by atoms with Crippen molar-refractivity contribution in [2.75, 3.05) is 0 Å². The van der Waals surface area contributed by atoms with Crippen LogP contribution in [0.4, 0.5) is 0 Å². The van der Waals surface area contributed by atoms with Crippen LogP contribution in [0.2, 0.25) is 0 Å². The minimum Gasteiger partial charge on any atom is -0.449 e. The van der Waals surface area contributed by atoms with E-state index in [1.54, 1.807) is 60.7 Å². The summed E-state index contributed by atoms with van der Waals surface area (Å²) in [4.78, 5) is 38.3. The zero-order chi connectivity index (χ0) is 21.5. The fraction of sp³-hybridized carbons (Fsp3) is 0. The first-order valence-corrected chi connectivity index (χ1v) is 9.87. The molecule has 0 aliphatic heterocycles. The maximum absolute atomic E-state index is 13.1. The van der Waals surface area contributed by atoms with Gasteiger partial charge in [0, 0.05) is 5.39 Å². The van der Waals surface area contributed by atoms with Crippen LogP contribution in [-0.4, -0.2) is 5.97 Å². The van der Waals surface area contributed by atoms with Crippen molar-refractivity contribution >= 4 is 43.8 Å². The number of fused-ring (bicyclic) bond motifs is 2. The molecule has 8 heteroatoms. The molecule has 152 valence electrons. The molecule has 31 heavy (non-hydrogen) atoms. The molecule has 0 saturated carbocycles. The lowest BCUT2D eigenvalue weighted by Gasteiger charge is -2.09. The number of carbonyl (C=O) groups excluding carboxylic acids is 1. The van der Waals surface area contributed by atoms with E-state index in [0.717, 1.165) is 0 Å². The number of esters is 1. The van der Waals surface area contributed by atoms with Gasteiger partial charge < -0.3 is 18.0 Å². The molecule has 5 aromatic rings. The quantitative estimate of drug-likeness (QED) is 0.261. The lowest BCUT2D eigenvalue weighted by molar-refractivity contribution is 0.0727. The largest absolute Gasteiger partial charge is 0.449 e. The average Bonchev–Trinajstić information content (AvgIpc) is 3.21. The summed E-state index contributed by atoms with van der Waals surface area (Å²) in [7, 11) is 0. The van der Waals surface area contributed by atoms with Gasteiger partial charge in [0.2, 0.25) is 16.9 Å². The third-order valence-electron chi connectivity index (χ3n) is 4.61. The van der Waals surface area contributed by atoms with Crippen molar-refractivity contribution in [2.24, 2.45) is 0 Å². The van der Waals surface area contributed by atoms with Gasteiger partial charge in [0.15, 0.2) is 10.4 Å². The molecule has 5 rings (SSSR count). The van der Waals surface area contributed by atoms with E-state index in [1.165, 1.54) is 6.07 Å². The van der Waals surface area contributed by atoms with Gasteiger partial charge in [0.05, 0.1) is 5.39 Å². The second-order valence-corrected chi connectivity index (χ2v) is 7.35. The van der Waals surface area contributed by atoms with E-state index in [0.29, 0.717) is 21.2 Å². The highest BCUT2D eigenvalue weighted by atomic mass is 79.9. The van der Waals surface area contributed by atoms with E-state index in [1.807, 2.05) is 0 Å². The minimum absolute atomic E-state index is 0.0760. The molecule has 0 saturated heterocycles. The maximum Gasteiger partial charge on any atom is 0.351 e. The number of hydrogen-bond acceptors (Lipinski definition) is 7. The Morgan fingerprint density at radius 3 is 2.35 bits per heavy atom. The SMILES string of the molecule is O=C(Oc1c(-c2ccc(Br)o2)oc2ccccc2c1=O)c1cc2ccccc2oc1=O. The first-order chi connectivity index (χ1) is 15.0. The van der Waals surface area contributed by atoms with Crippen LogP contribution < -0.4 is 15.8 Å². The Kier molecular flexibility index (Phi) is 4.56. The Labute approximate surface area is 181 Å². The summed E-state index contributed by atoms with van der Waals surface area (Å²) in [5.41, 5.74) is -1.19. The van der Waals surface area contributed by atoms with Crippen molar-refractivity contribution in [1.29, 1.82) is 0 Å². The number of benzene rings is 2. The molecule has 7 nitrogen and oxygen atoms in total. The number of halogens is 1. The predicted octanol–water partition coefficient (Wildman–Crippen LogP) is 5.14. The maximum atomic E-state index is 13.1.